The maximum Gasteiger partial charge on any atom is 0.328 e. The lowest BCUT2D eigenvalue weighted by atomic mass is 10.1. The van der Waals surface area contributed by atoms with Crippen LogP contribution >= 0.6 is 0 Å². The molecule has 0 radical (unpaired) electrons. The second-order valence-electron chi connectivity index (χ2n) is 3.99. The second-order valence-corrected chi connectivity index (χ2v) is 3.99. The molecule has 3 nitrogen and oxygen atoms in total. The highest BCUT2D eigenvalue weighted by Crippen LogP contribution is 2.21. The molecule has 106 valence electrons. The molecule has 0 spiro atoms. The summed E-state index contributed by atoms with van der Waals surface area (Å²) >= 11 is 0. The van der Waals surface area contributed by atoms with Gasteiger partial charge in [-0.25, -0.2) is 18.0 Å². The van der Waals surface area contributed by atoms with E-state index in [1.807, 2.05) is 6.92 Å². The van der Waals surface area contributed by atoms with Gasteiger partial charge in [-0.15, -0.1) is 0 Å². The highest BCUT2D eigenvalue weighted by Gasteiger charge is 2.21. The summed E-state index contributed by atoms with van der Waals surface area (Å²) in [6, 6.07) is 0.417. The number of rotatable bonds is 6. The molecule has 1 unspecified atom stereocenters. The predicted molar refractivity (Wildman–Crippen MR) is 65.3 cm³/mol. The summed E-state index contributed by atoms with van der Waals surface area (Å²) in [5, 5.41) is 2.48. The third-order valence-electron chi connectivity index (χ3n) is 2.47. The van der Waals surface area contributed by atoms with Gasteiger partial charge in [-0.3, -0.25) is 0 Å². The number of benzene rings is 1. The van der Waals surface area contributed by atoms with Crippen molar-refractivity contribution in [3.63, 3.8) is 0 Å². The largest absolute Gasteiger partial charge is 0.464 e. The minimum Gasteiger partial charge on any atom is -0.464 e. The Morgan fingerprint density at radius 3 is 2.58 bits per heavy atom. The molecule has 0 aromatic heterocycles. The fourth-order valence-electron chi connectivity index (χ4n) is 1.63. The Hall–Kier alpha value is -1.72. The van der Waals surface area contributed by atoms with Gasteiger partial charge in [-0.1, -0.05) is 13.3 Å². The number of hydrogen-bond acceptors (Lipinski definition) is 3. The Balaban J connectivity index is 2.93. The highest BCUT2D eigenvalue weighted by molar-refractivity contribution is 5.79. The quantitative estimate of drug-likeness (QED) is 0.639. The van der Waals surface area contributed by atoms with Crippen molar-refractivity contribution in [3.8, 4) is 0 Å². The monoisotopic (exact) mass is 275 g/mol. The topological polar surface area (TPSA) is 38.3 Å². The molecule has 1 rings (SSSR count). The first-order valence-electron chi connectivity index (χ1n) is 6.07. The molecule has 1 N–H and O–H groups in total. The molecular weight excluding hydrogens is 259 g/mol. The number of nitrogens with one attached hydrogen (secondary N) is 1. The van der Waals surface area contributed by atoms with Crippen LogP contribution < -0.4 is 5.32 Å². The Kier molecular flexibility index (Phi) is 5.66. The minimum atomic E-state index is -1.30. The number of ether oxygens (including phenoxy) is 1. The lowest BCUT2D eigenvalue weighted by Crippen LogP contribution is -2.31. The van der Waals surface area contributed by atoms with Crippen molar-refractivity contribution in [3.05, 3.63) is 29.6 Å². The van der Waals surface area contributed by atoms with Gasteiger partial charge in [-0.2, -0.15) is 0 Å². The van der Waals surface area contributed by atoms with Gasteiger partial charge >= 0.3 is 5.97 Å². The van der Waals surface area contributed by atoms with Crippen molar-refractivity contribution in [2.75, 3.05) is 11.9 Å². The Bertz CT molecular complexity index is 452. The molecule has 0 saturated carbocycles. The zero-order valence-electron chi connectivity index (χ0n) is 10.8. The molecule has 0 bridgehead atoms. The highest BCUT2D eigenvalue weighted by atomic mass is 19.2. The fourth-order valence-corrected chi connectivity index (χ4v) is 1.63. The molecule has 6 heteroatoms. The van der Waals surface area contributed by atoms with Gasteiger partial charge < -0.3 is 10.1 Å². The Labute approximate surface area is 109 Å². The third kappa shape index (κ3) is 4.15. The van der Waals surface area contributed by atoms with Crippen molar-refractivity contribution < 1.29 is 22.7 Å². The van der Waals surface area contributed by atoms with Gasteiger partial charge in [0.1, 0.15) is 11.9 Å². The molecule has 0 amide bonds. The maximum atomic E-state index is 13.5. The van der Waals surface area contributed by atoms with Gasteiger partial charge in [0.25, 0.3) is 0 Å². The molecule has 19 heavy (non-hydrogen) atoms. The molecule has 0 heterocycles. The lowest BCUT2D eigenvalue weighted by Gasteiger charge is -2.18. The van der Waals surface area contributed by atoms with Crippen LogP contribution in [-0.2, 0) is 9.53 Å². The SMILES string of the molecule is CCCC(Nc1cc(F)cc(F)c1F)C(=O)OCC. The van der Waals surface area contributed by atoms with E-state index < -0.39 is 29.5 Å². The van der Waals surface area contributed by atoms with Crippen molar-refractivity contribution >= 4 is 11.7 Å². The smallest absolute Gasteiger partial charge is 0.328 e. The van der Waals surface area contributed by atoms with Crippen molar-refractivity contribution in [2.45, 2.75) is 32.7 Å². The normalized spacial score (nSPS) is 12.1. The van der Waals surface area contributed by atoms with E-state index in [0.717, 1.165) is 6.07 Å². The minimum absolute atomic E-state index is 0.181. The third-order valence-corrected chi connectivity index (χ3v) is 2.47. The van der Waals surface area contributed by atoms with Crippen molar-refractivity contribution in [1.82, 2.24) is 0 Å². The molecule has 0 saturated heterocycles. The van der Waals surface area contributed by atoms with Gasteiger partial charge in [0.15, 0.2) is 11.6 Å². The van der Waals surface area contributed by atoms with E-state index in [-0.39, 0.29) is 12.3 Å². The summed E-state index contributed by atoms with van der Waals surface area (Å²) < 4.78 is 44.4. The number of hydrogen-bond donors (Lipinski definition) is 1. The fraction of sp³-hybridized carbons (Fsp3) is 0.462. The predicted octanol–water partition coefficient (Wildman–Crippen LogP) is 3.25. The molecule has 1 aromatic rings. The number of carbonyl (C=O) groups excluding carboxylic acids is 1. The second kappa shape index (κ2) is 7.01. The first-order chi connectivity index (χ1) is 8.99. The van der Waals surface area contributed by atoms with E-state index in [1.54, 1.807) is 6.92 Å². The summed E-state index contributed by atoms with van der Waals surface area (Å²) in [4.78, 5) is 11.6. The van der Waals surface area contributed by atoms with Gasteiger partial charge in [-0.05, 0) is 13.3 Å². The average molecular weight is 275 g/mol. The van der Waals surface area contributed by atoms with Crippen LogP contribution in [-0.4, -0.2) is 18.6 Å². The molecule has 0 aliphatic carbocycles. The van der Waals surface area contributed by atoms with Crippen LogP contribution in [0.25, 0.3) is 0 Å². The Morgan fingerprint density at radius 2 is 2.00 bits per heavy atom. The maximum absolute atomic E-state index is 13.5. The van der Waals surface area contributed by atoms with Crippen LogP contribution in [0.2, 0.25) is 0 Å². The van der Waals surface area contributed by atoms with Gasteiger partial charge in [0.05, 0.1) is 12.3 Å². The average Bonchev–Trinajstić information content (AvgIpc) is 2.35. The molecule has 1 atom stereocenters. The van der Waals surface area contributed by atoms with E-state index in [2.05, 4.69) is 5.32 Å². The van der Waals surface area contributed by atoms with Crippen LogP contribution in [0, 0.1) is 17.5 Å². The summed E-state index contributed by atoms with van der Waals surface area (Å²) in [6.45, 7) is 3.65. The van der Waals surface area contributed by atoms with Crippen LogP contribution in [0.4, 0.5) is 18.9 Å². The summed E-state index contributed by atoms with van der Waals surface area (Å²) in [6.07, 6.45) is 1.01. The van der Waals surface area contributed by atoms with Crippen LogP contribution in [0.3, 0.4) is 0 Å². The molecule has 1 aromatic carbocycles. The van der Waals surface area contributed by atoms with E-state index in [4.69, 9.17) is 4.74 Å². The molecule has 0 fully saturated rings. The van der Waals surface area contributed by atoms with Crippen molar-refractivity contribution in [2.24, 2.45) is 0 Å². The summed E-state index contributed by atoms with van der Waals surface area (Å²) in [7, 11) is 0. The van der Waals surface area contributed by atoms with Crippen LogP contribution in [0.15, 0.2) is 12.1 Å². The summed E-state index contributed by atoms with van der Waals surface area (Å²) in [5.41, 5.74) is -0.385. The van der Waals surface area contributed by atoms with Crippen LogP contribution in [0.1, 0.15) is 26.7 Å². The summed E-state index contributed by atoms with van der Waals surface area (Å²) in [5.74, 6) is -4.01. The zero-order valence-corrected chi connectivity index (χ0v) is 10.8. The standard InChI is InChI=1S/C13H16F3NO2/c1-3-5-10(13(18)19-4-2)17-11-7-8(14)6-9(15)12(11)16/h6-7,10,17H,3-5H2,1-2H3. The zero-order chi connectivity index (χ0) is 14.4. The first-order valence-corrected chi connectivity index (χ1v) is 6.07. The first kappa shape index (κ1) is 15.3. The van der Waals surface area contributed by atoms with Crippen molar-refractivity contribution in [1.29, 1.82) is 0 Å². The number of halogens is 3. The van der Waals surface area contributed by atoms with E-state index in [9.17, 15) is 18.0 Å². The van der Waals surface area contributed by atoms with E-state index in [0.29, 0.717) is 18.9 Å². The number of esters is 1. The molecular formula is C13H16F3NO2. The van der Waals surface area contributed by atoms with Gasteiger partial charge in [0, 0.05) is 12.1 Å². The number of anilines is 1. The molecule has 0 aliphatic heterocycles. The lowest BCUT2D eigenvalue weighted by molar-refractivity contribution is -0.144. The number of carbonyl (C=O) groups is 1. The molecule has 0 aliphatic rings. The van der Waals surface area contributed by atoms with Crippen LogP contribution in [0.5, 0.6) is 0 Å². The van der Waals surface area contributed by atoms with Gasteiger partial charge in [0.2, 0.25) is 0 Å². The Morgan fingerprint density at radius 1 is 1.32 bits per heavy atom. The van der Waals surface area contributed by atoms with E-state index >= 15 is 0 Å². The van der Waals surface area contributed by atoms with E-state index in [1.165, 1.54) is 0 Å².